The fraction of sp³-hybridized carbons (Fsp3) is 0.733. The third kappa shape index (κ3) is 4.28. The van der Waals surface area contributed by atoms with E-state index >= 15 is 0 Å². The fourth-order valence-electron chi connectivity index (χ4n) is 2.64. The normalized spacial score (nSPS) is 22.8. The Hall–Kier alpha value is -0.940. The van der Waals surface area contributed by atoms with Crippen molar-refractivity contribution >= 4 is 17.2 Å². The van der Waals surface area contributed by atoms with Crippen LogP contribution in [-0.4, -0.2) is 28.6 Å². The Morgan fingerprint density at radius 3 is 2.90 bits per heavy atom. The lowest BCUT2D eigenvalue weighted by Gasteiger charge is -2.24. The highest BCUT2D eigenvalue weighted by molar-refractivity contribution is 7.11. The highest BCUT2D eigenvalue weighted by Crippen LogP contribution is 2.24. The molecule has 1 aromatic rings. The third-order valence-corrected chi connectivity index (χ3v) is 5.09. The van der Waals surface area contributed by atoms with Crippen LogP contribution in [0.2, 0.25) is 0 Å². The van der Waals surface area contributed by atoms with E-state index < -0.39 is 0 Å². The second kappa shape index (κ2) is 7.18. The van der Waals surface area contributed by atoms with Crippen molar-refractivity contribution in [2.75, 3.05) is 6.54 Å². The van der Waals surface area contributed by atoms with Gasteiger partial charge in [-0.1, -0.05) is 6.42 Å². The van der Waals surface area contributed by atoms with Crippen molar-refractivity contribution in [1.29, 1.82) is 0 Å². The molecule has 1 saturated carbocycles. The summed E-state index contributed by atoms with van der Waals surface area (Å²) < 4.78 is 0. The van der Waals surface area contributed by atoms with Crippen LogP contribution in [0.4, 0.5) is 0 Å². The van der Waals surface area contributed by atoms with Crippen LogP contribution in [0, 0.1) is 19.8 Å². The smallest absolute Gasteiger partial charge is 0.223 e. The summed E-state index contributed by atoms with van der Waals surface area (Å²) >= 11 is 1.74. The van der Waals surface area contributed by atoms with Crippen molar-refractivity contribution in [3.63, 3.8) is 0 Å². The molecule has 2 N–H and O–H groups in total. The standard InChI is InChI=1S/C15H24N2O2S/c1-10-11(2)20-14(17-10)7-4-8-16-15(19)12-5-3-6-13(18)9-12/h12-13,18H,3-9H2,1-2H3,(H,16,19)/t12-,13+/m0/s1. The Morgan fingerprint density at radius 2 is 2.25 bits per heavy atom. The van der Waals surface area contributed by atoms with E-state index in [0.29, 0.717) is 13.0 Å². The van der Waals surface area contributed by atoms with E-state index in [1.54, 1.807) is 11.3 Å². The summed E-state index contributed by atoms with van der Waals surface area (Å²) in [6.45, 7) is 4.82. The number of hydrogen-bond donors (Lipinski definition) is 2. The van der Waals surface area contributed by atoms with Gasteiger partial charge in [0.2, 0.25) is 5.91 Å². The maximum Gasteiger partial charge on any atom is 0.223 e. The number of nitrogens with zero attached hydrogens (tertiary/aromatic N) is 1. The molecule has 112 valence electrons. The molecular formula is C15H24N2O2S. The van der Waals surface area contributed by atoms with Gasteiger partial charge in [0.1, 0.15) is 0 Å². The quantitative estimate of drug-likeness (QED) is 0.820. The molecule has 1 amide bonds. The van der Waals surface area contributed by atoms with Gasteiger partial charge in [0, 0.05) is 23.8 Å². The minimum Gasteiger partial charge on any atom is -0.393 e. The molecule has 1 heterocycles. The molecule has 0 saturated heterocycles. The van der Waals surface area contributed by atoms with Crippen molar-refractivity contribution in [2.45, 2.75) is 58.5 Å². The average Bonchev–Trinajstić information content (AvgIpc) is 2.73. The Balaban J connectivity index is 1.66. The zero-order chi connectivity index (χ0) is 14.5. The molecule has 0 spiro atoms. The van der Waals surface area contributed by atoms with Crippen molar-refractivity contribution < 1.29 is 9.90 Å². The van der Waals surface area contributed by atoms with Gasteiger partial charge in [-0.15, -0.1) is 11.3 Å². The maximum atomic E-state index is 12.0. The van der Waals surface area contributed by atoms with Gasteiger partial charge in [-0.05, 0) is 39.5 Å². The van der Waals surface area contributed by atoms with Gasteiger partial charge < -0.3 is 10.4 Å². The van der Waals surface area contributed by atoms with Gasteiger partial charge >= 0.3 is 0 Å². The molecule has 4 nitrogen and oxygen atoms in total. The molecular weight excluding hydrogens is 272 g/mol. The lowest BCUT2D eigenvalue weighted by atomic mass is 9.87. The number of aromatic nitrogens is 1. The molecule has 0 radical (unpaired) electrons. The van der Waals surface area contributed by atoms with Gasteiger partial charge in [-0.2, -0.15) is 0 Å². The van der Waals surface area contributed by atoms with E-state index in [-0.39, 0.29) is 17.9 Å². The number of rotatable bonds is 5. The van der Waals surface area contributed by atoms with Crippen LogP contribution < -0.4 is 5.32 Å². The summed E-state index contributed by atoms with van der Waals surface area (Å²) in [7, 11) is 0. The molecule has 0 bridgehead atoms. The van der Waals surface area contributed by atoms with Gasteiger partial charge in [-0.25, -0.2) is 4.98 Å². The van der Waals surface area contributed by atoms with E-state index in [2.05, 4.69) is 17.2 Å². The van der Waals surface area contributed by atoms with Crippen LogP contribution in [0.15, 0.2) is 0 Å². The summed E-state index contributed by atoms with van der Waals surface area (Å²) in [5.74, 6) is 0.110. The van der Waals surface area contributed by atoms with Gasteiger partial charge in [0.05, 0.1) is 16.8 Å². The molecule has 1 aromatic heterocycles. The number of carbonyl (C=O) groups excluding carboxylic acids is 1. The first-order valence-corrected chi connectivity index (χ1v) is 8.26. The van der Waals surface area contributed by atoms with Crippen LogP contribution in [0.1, 0.15) is 47.7 Å². The van der Waals surface area contributed by atoms with Crippen molar-refractivity contribution in [3.05, 3.63) is 15.6 Å². The Bertz CT molecular complexity index is 439. The topological polar surface area (TPSA) is 62.2 Å². The van der Waals surface area contributed by atoms with Crippen LogP contribution in [0.3, 0.4) is 0 Å². The highest BCUT2D eigenvalue weighted by atomic mass is 32.1. The number of aliphatic hydroxyl groups is 1. The summed E-state index contributed by atoms with van der Waals surface area (Å²) in [6, 6.07) is 0. The number of thiazole rings is 1. The van der Waals surface area contributed by atoms with Crippen LogP contribution >= 0.6 is 11.3 Å². The van der Waals surface area contributed by atoms with E-state index in [1.165, 1.54) is 4.88 Å². The first-order chi connectivity index (χ1) is 9.56. The van der Waals surface area contributed by atoms with Crippen LogP contribution in [0.25, 0.3) is 0 Å². The van der Waals surface area contributed by atoms with Crippen LogP contribution in [0.5, 0.6) is 0 Å². The Morgan fingerprint density at radius 1 is 1.45 bits per heavy atom. The average molecular weight is 296 g/mol. The number of aliphatic hydroxyl groups excluding tert-OH is 1. The molecule has 0 unspecified atom stereocenters. The lowest BCUT2D eigenvalue weighted by molar-refractivity contribution is -0.127. The monoisotopic (exact) mass is 296 g/mol. The predicted octanol–water partition coefficient (Wildman–Crippen LogP) is 2.36. The highest BCUT2D eigenvalue weighted by Gasteiger charge is 2.25. The number of hydrogen-bond acceptors (Lipinski definition) is 4. The number of aryl methyl sites for hydroxylation is 3. The molecule has 0 aliphatic heterocycles. The molecule has 2 atom stereocenters. The van der Waals surface area contributed by atoms with E-state index in [1.807, 2.05) is 6.92 Å². The van der Waals surface area contributed by atoms with E-state index in [4.69, 9.17) is 0 Å². The Labute approximate surface area is 124 Å². The SMILES string of the molecule is Cc1nc(CCCNC(=O)[C@H]2CCC[C@@H](O)C2)sc1C. The first-order valence-electron chi connectivity index (χ1n) is 7.45. The molecule has 0 aromatic carbocycles. The molecule has 1 aliphatic rings. The third-order valence-electron chi connectivity index (χ3n) is 3.96. The summed E-state index contributed by atoms with van der Waals surface area (Å²) in [5, 5.41) is 13.7. The molecule has 1 fully saturated rings. The Kier molecular flexibility index (Phi) is 5.54. The summed E-state index contributed by atoms with van der Waals surface area (Å²) in [6.07, 6.45) is 4.88. The molecule has 5 heteroatoms. The zero-order valence-electron chi connectivity index (χ0n) is 12.3. The van der Waals surface area contributed by atoms with Gasteiger partial charge in [0.15, 0.2) is 0 Å². The van der Waals surface area contributed by atoms with E-state index in [0.717, 1.165) is 42.8 Å². The summed E-state index contributed by atoms with van der Waals surface area (Å²) in [4.78, 5) is 17.8. The van der Waals surface area contributed by atoms with Crippen LogP contribution in [-0.2, 0) is 11.2 Å². The molecule has 2 rings (SSSR count). The number of amides is 1. The fourth-order valence-corrected chi connectivity index (χ4v) is 3.62. The predicted molar refractivity (Wildman–Crippen MR) is 80.9 cm³/mol. The van der Waals surface area contributed by atoms with Crippen molar-refractivity contribution in [1.82, 2.24) is 10.3 Å². The second-order valence-electron chi connectivity index (χ2n) is 5.66. The zero-order valence-corrected chi connectivity index (χ0v) is 13.1. The second-order valence-corrected chi connectivity index (χ2v) is 6.95. The van der Waals surface area contributed by atoms with Crippen molar-refractivity contribution in [2.24, 2.45) is 5.92 Å². The maximum absolute atomic E-state index is 12.0. The van der Waals surface area contributed by atoms with Gasteiger partial charge in [0.25, 0.3) is 0 Å². The summed E-state index contributed by atoms with van der Waals surface area (Å²) in [5.41, 5.74) is 1.12. The lowest BCUT2D eigenvalue weighted by Crippen LogP contribution is -2.35. The van der Waals surface area contributed by atoms with Crippen molar-refractivity contribution in [3.8, 4) is 0 Å². The number of carbonyl (C=O) groups is 1. The molecule has 1 aliphatic carbocycles. The minimum absolute atomic E-state index is 0.00287. The first kappa shape index (κ1) is 15.4. The van der Waals surface area contributed by atoms with E-state index in [9.17, 15) is 9.90 Å². The number of nitrogens with one attached hydrogen (secondary N) is 1. The molecule has 20 heavy (non-hydrogen) atoms. The van der Waals surface area contributed by atoms with Gasteiger partial charge in [-0.3, -0.25) is 4.79 Å². The minimum atomic E-state index is -0.291. The largest absolute Gasteiger partial charge is 0.393 e.